The fourth-order valence-corrected chi connectivity index (χ4v) is 1.91. The van der Waals surface area contributed by atoms with Crippen LogP contribution in [-0.4, -0.2) is 7.11 Å². The van der Waals surface area contributed by atoms with Crippen LogP contribution in [0.1, 0.15) is 11.1 Å². The minimum atomic E-state index is 0.865. The van der Waals surface area contributed by atoms with Gasteiger partial charge in [-0.2, -0.15) is 0 Å². The van der Waals surface area contributed by atoms with Gasteiger partial charge in [-0.1, -0.05) is 30.2 Å². The van der Waals surface area contributed by atoms with Gasteiger partial charge in [-0.05, 0) is 41.8 Å². The van der Waals surface area contributed by atoms with Gasteiger partial charge in [0.05, 0.1) is 7.11 Å². The molecule has 0 aliphatic carbocycles. The zero-order valence-corrected chi connectivity index (χ0v) is 10.0. The van der Waals surface area contributed by atoms with Crippen molar-refractivity contribution in [2.75, 3.05) is 7.11 Å². The molecule has 2 aromatic rings. The third-order valence-corrected chi connectivity index (χ3v) is 2.81. The van der Waals surface area contributed by atoms with Crippen molar-refractivity contribution in [3.63, 3.8) is 0 Å². The van der Waals surface area contributed by atoms with Gasteiger partial charge in [-0.25, -0.2) is 0 Å². The predicted octanol–water partition coefficient (Wildman–Crippen LogP) is 3.65. The number of aryl methyl sites for hydroxylation is 1. The molecule has 0 N–H and O–H groups in total. The Morgan fingerprint density at radius 2 is 1.82 bits per heavy atom. The molecule has 2 aromatic carbocycles. The number of hydrogen-bond acceptors (Lipinski definition) is 1. The SMILES string of the molecule is C#Cc1ccccc1-c1ccc(OC)cc1C. The van der Waals surface area contributed by atoms with Crippen molar-refractivity contribution in [1.82, 2.24) is 0 Å². The van der Waals surface area contributed by atoms with Crippen molar-refractivity contribution in [2.45, 2.75) is 6.92 Å². The van der Waals surface area contributed by atoms with Gasteiger partial charge in [0.2, 0.25) is 0 Å². The zero-order chi connectivity index (χ0) is 12.3. The van der Waals surface area contributed by atoms with E-state index in [0.717, 1.165) is 28.0 Å². The van der Waals surface area contributed by atoms with Gasteiger partial charge >= 0.3 is 0 Å². The monoisotopic (exact) mass is 222 g/mol. The summed E-state index contributed by atoms with van der Waals surface area (Å²) in [4.78, 5) is 0. The van der Waals surface area contributed by atoms with E-state index in [2.05, 4.69) is 12.8 Å². The van der Waals surface area contributed by atoms with E-state index in [4.69, 9.17) is 11.2 Å². The van der Waals surface area contributed by atoms with E-state index >= 15 is 0 Å². The van der Waals surface area contributed by atoms with E-state index in [-0.39, 0.29) is 0 Å². The molecule has 0 amide bonds. The number of rotatable bonds is 2. The lowest BCUT2D eigenvalue weighted by atomic mass is 9.96. The van der Waals surface area contributed by atoms with Crippen LogP contribution in [0.25, 0.3) is 11.1 Å². The Morgan fingerprint density at radius 1 is 1.06 bits per heavy atom. The first kappa shape index (κ1) is 11.3. The number of methoxy groups -OCH3 is 1. The molecule has 17 heavy (non-hydrogen) atoms. The van der Waals surface area contributed by atoms with Crippen molar-refractivity contribution in [3.8, 4) is 29.2 Å². The molecule has 0 saturated heterocycles. The maximum atomic E-state index is 5.52. The largest absolute Gasteiger partial charge is 0.497 e. The second kappa shape index (κ2) is 4.76. The van der Waals surface area contributed by atoms with Crippen LogP contribution in [0.4, 0.5) is 0 Å². The lowest BCUT2D eigenvalue weighted by Crippen LogP contribution is -1.89. The molecule has 0 aliphatic heterocycles. The lowest BCUT2D eigenvalue weighted by Gasteiger charge is -2.10. The Balaban J connectivity index is 2.58. The molecule has 0 fully saturated rings. The molecular weight excluding hydrogens is 208 g/mol. The first-order valence-electron chi connectivity index (χ1n) is 5.47. The molecule has 0 radical (unpaired) electrons. The maximum Gasteiger partial charge on any atom is 0.119 e. The second-order valence-electron chi connectivity index (χ2n) is 3.87. The Morgan fingerprint density at radius 3 is 2.47 bits per heavy atom. The summed E-state index contributed by atoms with van der Waals surface area (Å²) >= 11 is 0. The van der Waals surface area contributed by atoms with Gasteiger partial charge < -0.3 is 4.74 Å². The summed E-state index contributed by atoms with van der Waals surface area (Å²) in [5.41, 5.74) is 4.32. The van der Waals surface area contributed by atoms with Gasteiger partial charge in [0.25, 0.3) is 0 Å². The predicted molar refractivity (Wildman–Crippen MR) is 71.1 cm³/mol. The third kappa shape index (κ3) is 2.16. The molecule has 0 spiro atoms. The van der Waals surface area contributed by atoms with Crippen LogP contribution < -0.4 is 4.74 Å². The van der Waals surface area contributed by atoms with Crippen molar-refractivity contribution in [1.29, 1.82) is 0 Å². The highest BCUT2D eigenvalue weighted by Crippen LogP contribution is 2.28. The number of ether oxygens (including phenoxy) is 1. The van der Waals surface area contributed by atoms with Crippen LogP contribution in [0.15, 0.2) is 42.5 Å². The molecule has 0 atom stereocenters. The van der Waals surface area contributed by atoms with E-state index in [1.165, 1.54) is 0 Å². The number of terminal acetylenes is 1. The van der Waals surface area contributed by atoms with Gasteiger partial charge in [0.1, 0.15) is 5.75 Å². The quantitative estimate of drug-likeness (QED) is 0.705. The summed E-state index contributed by atoms with van der Waals surface area (Å²) in [6, 6.07) is 14.0. The summed E-state index contributed by atoms with van der Waals surface area (Å²) < 4.78 is 5.20. The summed E-state index contributed by atoms with van der Waals surface area (Å²) in [7, 11) is 1.67. The number of benzene rings is 2. The third-order valence-electron chi connectivity index (χ3n) is 2.81. The highest BCUT2D eigenvalue weighted by molar-refractivity contribution is 5.74. The first-order chi connectivity index (χ1) is 8.26. The van der Waals surface area contributed by atoms with Crippen LogP contribution >= 0.6 is 0 Å². The molecule has 84 valence electrons. The molecule has 1 nitrogen and oxygen atoms in total. The molecule has 0 aliphatic rings. The molecule has 1 heteroatoms. The van der Waals surface area contributed by atoms with Crippen LogP contribution in [0.3, 0.4) is 0 Å². The summed E-state index contributed by atoms with van der Waals surface area (Å²) in [5.74, 6) is 3.58. The van der Waals surface area contributed by atoms with Crippen LogP contribution in [0.5, 0.6) is 5.75 Å². The molecule has 2 rings (SSSR count). The van der Waals surface area contributed by atoms with Gasteiger partial charge in [-0.3, -0.25) is 0 Å². The number of hydrogen-bond donors (Lipinski definition) is 0. The van der Waals surface area contributed by atoms with Crippen LogP contribution in [-0.2, 0) is 0 Å². The molecule has 0 aromatic heterocycles. The zero-order valence-electron chi connectivity index (χ0n) is 10.0. The molecule has 0 heterocycles. The smallest absolute Gasteiger partial charge is 0.119 e. The molecule has 0 bridgehead atoms. The Labute approximate surface area is 102 Å². The fourth-order valence-electron chi connectivity index (χ4n) is 1.91. The van der Waals surface area contributed by atoms with Crippen LogP contribution in [0.2, 0.25) is 0 Å². The molecular formula is C16H14O. The van der Waals surface area contributed by atoms with Gasteiger partial charge in [-0.15, -0.1) is 6.42 Å². The topological polar surface area (TPSA) is 9.23 Å². The fraction of sp³-hybridized carbons (Fsp3) is 0.125. The van der Waals surface area contributed by atoms with Gasteiger partial charge in [0.15, 0.2) is 0 Å². The van der Waals surface area contributed by atoms with E-state index in [0.29, 0.717) is 0 Å². The lowest BCUT2D eigenvalue weighted by molar-refractivity contribution is 0.414. The standard InChI is InChI=1S/C16H14O/c1-4-13-7-5-6-8-16(13)15-10-9-14(17-3)11-12(15)2/h1,5-11H,2-3H3. The minimum Gasteiger partial charge on any atom is -0.497 e. The normalized spacial score (nSPS) is 9.71. The van der Waals surface area contributed by atoms with E-state index in [1.54, 1.807) is 7.11 Å². The van der Waals surface area contributed by atoms with E-state index in [9.17, 15) is 0 Å². The van der Waals surface area contributed by atoms with Crippen molar-refractivity contribution < 1.29 is 4.74 Å². The second-order valence-corrected chi connectivity index (χ2v) is 3.87. The minimum absolute atomic E-state index is 0.865. The Bertz CT molecular complexity index is 576. The Kier molecular flexibility index (Phi) is 3.16. The first-order valence-corrected chi connectivity index (χ1v) is 5.47. The molecule has 0 saturated carbocycles. The van der Waals surface area contributed by atoms with E-state index in [1.807, 2.05) is 42.5 Å². The van der Waals surface area contributed by atoms with Crippen molar-refractivity contribution >= 4 is 0 Å². The highest BCUT2D eigenvalue weighted by atomic mass is 16.5. The van der Waals surface area contributed by atoms with E-state index < -0.39 is 0 Å². The maximum absolute atomic E-state index is 5.52. The molecule has 0 unspecified atom stereocenters. The van der Waals surface area contributed by atoms with Crippen molar-refractivity contribution in [3.05, 3.63) is 53.6 Å². The van der Waals surface area contributed by atoms with Gasteiger partial charge in [0, 0.05) is 5.56 Å². The van der Waals surface area contributed by atoms with Crippen LogP contribution in [0, 0.1) is 19.3 Å². The Hall–Kier alpha value is -2.20. The summed E-state index contributed by atoms with van der Waals surface area (Å²) in [6.45, 7) is 2.06. The highest BCUT2D eigenvalue weighted by Gasteiger charge is 2.06. The summed E-state index contributed by atoms with van der Waals surface area (Å²) in [6.07, 6.45) is 5.52. The van der Waals surface area contributed by atoms with Crippen molar-refractivity contribution in [2.24, 2.45) is 0 Å². The average molecular weight is 222 g/mol. The summed E-state index contributed by atoms with van der Waals surface area (Å²) in [5, 5.41) is 0. The average Bonchev–Trinajstić information content (AvgIpc) is 2.38.